The Balaban J connectivity index is 1.32. The summed E-state index contributed by atoms with van der Waals surface area (Å²) in [6, 6.07) is 24.1. The lowest BCUT2D eigenvalue weighted by molar-refractivity contribution is 0.398. The summed E-state index contributed by atoms with van der Waals surface area (Å²) in [5.74, 6) is 0.588. The van der Waals surface area contributed by atoms with Crippen LogP contribution in [0.15, 0.2) is 118 Å². The molecule has 3 aliphatic carbocycles. The second-order valence-electron chi connectivity index (χ2n) is 13.0. The van der Waals surface area contributed by atoms with E-state index in [1.807, 2.05) is 54.6 Å². The van der Waals surface area contributed by atoms with Crippen molar-refractivity contribution in [2.75, 3.05) is 0 Å². The standard InChI is InChI=1S/C43H34O4/c1-24-41(44)39-36(26-12-3-2-4-13-26)30-16-7-8-17-31(30)38(40(39)43(46)42(24)45)33-19-10-20-34-37(33)32-22-21-27(23-35(32)47-34)29-18-9-14-25-11-5-6-15-28(25)29/h2-4,6-8,10,12-13,15-22,27,44-46H,5,9,11,14,23H2,1H3. The van der Waals surface area contributed by atoms with Gasteiger partial charge < -0.3 is 19.7 Å². The van der Waals surface area contributed by atoms with Gasteiger partial charge in [0, 0.05) is 50.8 Å². The fourth-order valence-electron chi connectivity index (χ4n) is 8.28. The van der Waals surface area contributed by atoms with Crippen LogP contribution in [0.1, 0.15) is 42.6 Å². The van der Waals surface area contributed by atoms with Crippen molar-refractivity contribution in [3.8, 4) is 39.5 Å². The van der Waals surface area contributed by atoms with Crippen molar-refractivity contribution in [1.29, 1.82) is 0 Å². The van der Waals surface area contributed by atoms with Crippen molar-refractivity contribution in [2.24, 2.45) is 5.92 Å². The van der Waals surface area contributed by atoms with Gasteiger partial charge in [0.25, 0.3) is 0 Å². The molecule has 0 fully saturated rings. The van der Waals surface area contributed by atoms with Crippen molar-refractivity contribution in [1.82, 2.24) is 0 Å². The molecule has 1 atom stereocenters. The first kappa shape index (κ1) is 27.8. The molecule has 0 bridgehead atoms. The van der Waals surface area contributed by atoms with E-state index >= 15 is 0 Å². The van der Waals surface area contributed by atoms with Gasteiger partial charge in [0.1, 0.15) is 17.1 Å². The smallest absolute Gasteiger partial charge is 0.166 e. The van der Waals surface area contributed by atoms with Crippen molar-refractivity contribution >= 4 is 38.6 Å². The molecule has 1 heterocycles. The van der Waals surface area contributed by atoms with E-state index < -0.39 is 0 Å². The molecule has 0 amide bonds. The van der Waals surface area contributed by atoms with Gasteiger partial charge >= 0.3 is 0 Å². The normalized spacial score (nSPS) is 17.4. The van der Waals surface area contributed by atoms with Gasteiger partial charge in [0.2, 0.25) is 0 Å². The summed E-state index contributed by atoms with van der Waals surface area (Å²) in [4.78, 5) is 0. The summed E-state index contributed by atoms with van der Waals surface area (Å²) in [7, 11) is 0. The van der Waals surface area contributed by atoms with Gasteiger partial charge in [0.15, 0.2) is 11.5 Å². The Bertz CT molecular complexity index is 2410. The molecule has 4 nitrogen and oxygen atoms in total. The molecule has 1 aromatic heterocycles. The fourth-order valence-corrected chi connectivity index (χ4v) is 8.28. The van der Waals surface area contributed by atoms with E-state index in [1.165, 1.54) is 11.1 Å². The molecule has 0 radical (unpaired) electrons. The van der Waals surface area contributed by atoms with E-state index in [1.54, 1.807) is 12.5 Å². The zero-order valence-electron chi connectivity index (χ0n) is 26.2. The second kappa shape index (κ2) is 10.5. The predicted molar refractivity (Wildman–Crippen MR) is 191 cm³/mol. The Hall–Kier alpha value is -5.48. The average Bonchev–Trinajstić information content (AvgIpc) is 3.50. The maximum atomic E-state index is 11.8. The maximum Gasteiger partial charge on any atom is 0.166 e. The number of rotatable bonds is 3. The van der Waals surface area contributed by atoms with Crippen LogP contribution in [-0.2, 0) is 6.42 Å². The molecular weight excluding hydrogens is 580 g/mol. The SMILES string of the molecule is Cc1c(O)c(O)c2c(-c3cccc4oc5c(c34)C=CC(C3=CCCC4=C3C=CCC4)C5)c3ccccc3c(-c3ccccc3)c2c1O. The molecule has 47 heavy (non-hydrogen) atoms. The van der Waals surface area contributed by atoms with Crippen LogP contribution in [0.3, 0.4) is 0 Å². The highest BCUT2D eigenvalue weighted by atomic mass is 16.3. The minimum Gasteiger partial charge on any atom is -0.507 e. The van der Waals surface area contributed by atoms with Gasteiger partial charge in [-0.3, -0.25) is 0 Å². The van der Waals surface area contributed by atoms with Gasteiger partial charge in [-0.05, 0) is 71.7 Å². The molecule has 4 heteroatoms. The molecule has 5 aromatic carbocycles. The Morgan fingerprint density at radius 1 is 0.702 bits per heavy atom. The highest BCUT2D eigenvalue weighted by Gasteiger charge is 2.30. The molecule has 6 aromatic rings. The minimum atomic E-state index is -0.319. The van der Waals surface area contributed by atoms with Crippen molar-refractivity contribution in [3.63, 3.8) is 0 Å². The van der Waals surface area contributed by atoms with Crippen molar-refractivity contribution in [2.45, 2.75) is 39.0 Å². The van der Waals surface area contributed by atoms with Crippen LogP contribution >= 0.6 is 0 Å². The quantitative estimate of drug-likeness (QED) is 0.105. The summed E-state index contributed by atoms with van der Waals surface area (Å²) in [5.41, 5.74) is 9.82. The van der Waals surface area contributed by atoms with Crippen LogP contribution in [0, 0.1) is 12.8 Å². The number of phenolic OH excluding ortho intramolecular Hbond substituents is 3. The second-order valence-corrected chi connectivity index (χ2v) is 13.0. The first-order valence-electron chi connectivity index (χ1n) is 16.5. The molecule has 1 unspecified atom stereocenters. The number of benzene rings is 5. The lowest BCUT2D eigenvalue weighted by Gasteiger charge is -2.28. The van der Waals surface area contributed by atoms with E-state index in [-0.39, 0.29) is 28.7 Å². The van der Waals surface area contributed by atoms with Crippen LogP contribution in [0.4, 0.5) is 0 Å². The lowest BCUT2D eigenvalue weighted by atomic mass is 9.77. The number of phenols is 3. The molecule has 3 aliphatic rings. The van der Waals surface area contributed by atoms with Crippen LogP contribution in [-0.4, -0.2) is 15.3 Å². The third-order valence-corrected chi connectivity index (χ3v) is 10.5. The molecular formula is C43H34O4. The van der Waals surface area contributed by atoms with Crippen LogP contribution in [0.25, 0.3) is 60.8 Å². The first-order valence-corrected chi connectivity index (χ1v) is 16.5. The molecule has 9 rings (SSSR count). The number of fused-ring (bicyclic) bond motifs is 5. The molecule has 0 aliphatic heterocycles. The number of hydrogen-bond donors (Lipinski definition) is 3. The summed E-state index contributed by atoms with van der Waals surface area (Å²) in [6.07, 6.45) is 16.9. The van der Waals surface area contributed by atoms with Gasteiger partial charge in [-0.15, -0.1) is 0 Å². The molecule has 0 saturated carbocycles. The molecule has 3 N–H and O–H groups in total. The topological polar surface area (TPSA) is 73.8 Å². The Kier molecular flexibility index (Phi) is 6.23. The maximum absolute atomic E-state index is 11.8. The van der Waals surface area contributed by atoms with E-state index in [9.17, 15) is 15.3 Å². The van der Waals surface area contributed by atoms with Crippen LogP contribution in [0.2, 0.25) is 0 Å². The summed E-state index contributed by atoms with van der Waals surface area (Å²) >= 11 is 0. The number of aromatic hydroxyl groups is 3. The Morgan fingerprint density at radius 3 is 2.28 bits per heavy atom. The Labute approximate surface area is 272 Å². The van der Waals surface area contributed by atoms with Crippen molar-refractivity contribution < 1.29 is 19.7 Å². The van der Waals surface area contributed by atoms with E-state index in [0.29, 0.717) is 10.8 Å². The van der Waals surface area contributed by atoms with Gasteiger partial charge in [-0.1, -0.05) is 103 Å². The minimum absolute atomic E-state index is 0.0449. The summed E-state index contributed by atoms with van der Waals surface area (Å²) in [5, 5.41) is 38.4. The summed E-state index contributed by atoms with van der Waals surface area (Å²) in [6.45, 7) is 1.63. The van der Waals surface area contributed by atoms with Gasteiger partial charge in [-0.2, -0.15) is 0 Å². The van der Waals surface area contributed by atoms with E-state index in [2.05, 4.69) is 48.6 Å². The van der Waals surface area contributed by atoms with Crippen molar-refractivity contribution in [3.05, 3.63) is 131 Å². The largest absolute Gasteiger partial charge is 0.507 e. The third kappa shape index (κ3) is 4.07. The third-order valence-electron chi connectivity index (χ3n) is 10.5. The Morgan fingerprint density at radius 2 is 1.45 bits per heavy atom. The average molecular weight is 615 g/mol. The monoisotopic (exact) mass is 614 g/mol. The highest BCUT2D eigenvalue weighted by Crippen LogP contribution is 2.55. The number of hydrogen-bond acceptors (Lipinski definition) is 4. The summed E-state index contributed by atoms with van der Waals surface area (Å²) < 4.78 is 6.65. The van der Waals surface area contributed by atoms with E-state index in [4.69, 9.17) is 4.42 Å². The zero-order chi connectivity index (χ0) is 31.8. The van der Waals surface area contributed by atoms with Crippen LogP contribution < -0.4 is 0 Å². The van der Waals surface area contributed by atoms with Gasteiger partial charge in [-0.25, -0.2) is 0 Å². The fraction of sp³-hybridized carbons (Fsp3) is 0.163. The highest BCUT2D eigenvalue weighted by molar-refractivity contribution is 6.27. The zero-order valence-corrected chi connectivity index (χ0v) is 26.2. The van der Waals surface area contributed by atoms with Crippen LogP contribution in [0.5, 0.6) is 17.2 Å². The lowest BCUT2D eigenvalue weighted by Crippen LogP contribution is -2.14. The number of allylic oxidation sites excluding steroid dienone is 7. The molecule has 230 valence electrons. The predicted octanol–water partition coefficient (Wildman–Crippen LogP) is 11.1. The molecule has 0 saturated heterocycles. The number of furan rings is 1. The van der Waals surface area contributed by atoms with E-state index in [0.717, 1.165) is 87.4 Å². The molecule has 0 spiro atoms. The van der Waals surface area contributed by atoms with Gasteiger partial charge in [0.05, 0.1) is 0 Å². The first-order chi connectivity index (χ1) is 23.0.